The Labute approximate surface area is 221 Å². The molecule has 0 spiro atoms. The summed E-state index contributed by atoms with van der Waals surface area (Å²) in [7, 11) is 0. The van der Waals surface area contributed by atoms with Gasteiger partial charge in [-0.05, 0) is 61.2 Å². The largest absolute Gasteiger partial charge is 0.361 e. The Morgan fingerprint density at radius 3 is 2.37 bits per heavy atom. The van der Waals surface area contributed by atoms with E-state index in [-0.39, 0.29) is 5.91 Å². The molecular formula is C34H29N3O. The number of hydrogen-bond donors (Lipinski definition) is 2. The van der Waals surface area contributed by atoms with Crippen LogP contribution in [-0.4, -0.2) is 15.9 Å². The number of aryl methyl sites for hydroxylation is 3. The topological polar surface area (TPSA) is 51.9 Å². The molecule has 1 aliphatic rings. The van der Waals surface area contributed by atoms with Crippen molar-refractivity contribution in [2.75, 3.05) is 4.90 Å². The number of carbonyl (C=O) groups excluding carboxylic acids is 1. The van der Waals surface area contributed by atoms with Crippen LogP contribution >= 0.6 is 0 Å². The van der Waals surface area contributed by atoms with E-state index < -0.39 is 5.41 Å². The molecule has 0 bridgehead atoms. The molecule has 7 rings (SSSR count). The van der Waals surface area contributed by atoms with Crippen molar-refractivity contribution >= 4 is 33.4 Å². The highest BCUT2D eigenvalue weighted by molar-refractivity contribution is 6.15. The first-order valence-electron chi connectivity index (χ1n) is 13.1. The third-order valence-corrected chi connectivity index (χ3v) is 8.37. The number of carbonyl (C=O) groups is 1. The van der Waals surface area contributed by atoms with E-state index in [0.717, 1.165) is 50.1 Å². The lowest BCUT2D eigenvalue weighted by Gasteiger charge is -2.30. The number of aromatic amines is 2. The van der Waals surface area contributed by atoms with Gasteiger partial charge in [-0.2, -0.15) is 0 Å². The molecule has 0 fully saturated rings. The normalized spacial score (nSPS) is 17.0. The number of rotatable bonds is 4. The summed E-state index contributed by atoms with van der Waals surface area (Å²) >= 11 is 0. The summed E-state index contributed by atoms with van der Waals surface area (Å²) < 4.78 is 0. The van der Waals surface area contributed by atoms with Gasteiger partial charge in [0.25, 0.3) is 0 Å². The molecule has 4 heteroatoms. The molecule has 2 aromatic heterocycles. The summed E-state index contributed by atoms with van der Waals surface area (Å²) in [4.78, 5) is 24.1. The van der Waals surface area contributed by atoms with Crippen LogP contribution in [0.25, 0.3) is 21.8 Å². The molecule has 1 unspecified atom stereocenters. The fourth-order valence-corrected chi connectivity index (χ4v) is 6.54. The minimum absolute atomic E-state index is 0.0751. The zero-order valence-corrected chi connectivity index (χ0v) is 21.8. The van der Waals surface area contributed by atoms with E-state index in [1.54, 1.807) is 0 Å². The maximum atomic E-state index is 15.1. The van der Waals surface area contributed by atoms with E-state index >= 15 is 4.79 Å². The van der Waals surface area contributed by atoms with E-state index in [1.807, 2.05) is 47.5 Å². The van der Waals surface area contributed by atoms with E-state index in [9.17, 15) is 0 Å². The molecule has 0 aliphatic carbocycles. The van der Waals surface area contributed by atoms with E-state index in [1.165, 1.54) is 16.5 Å². The molecule has 1 atom stereocenters. The first kappa shape index (κ1) is 22.6. The summed E-state index contributed by atoms with van der Waals surface area (Å²) in [6.45, 7) is 6.94. The van der Waals surface area contributed by atoms with Crippen molar-refractivity contribution in [2.45, 2.75) is 32.7 Å². The maximum absolute atomic E-state index is 15.1. The Morgan fingerprint density at radius 1 is 0.789 bits per heavy atom. The highest BCUT2D eigenvalue weighted by Gasteiger charge is 2.54. The molecule has 6 aromatic rings. The quantitative estimate of drug-likeness (QED) is 0.262. The van der Waals surface area contributed by atoms with Gasteiger partial charge >= 0.3 is 0 Å². The minimum Gasteiger partial charge on any atom is -0.361 e. The fraction of sp³-hybridized carbons (Fsp3) is 0.147. The molecule has 1 aliphatic heterocycles. The van der Waals surface area contributed by atoms with E-state index in [0.29, 0.717) is 6.54 Å². The molecular weight excluding hydrogens is 466 g/mol. The van der Waals surface area contributed by atoms with Gasteiger partial charge in [0.2, 0.25) is 5.91 Å². The Kier molecular flexibility index (Phi) is 4.89. The Hall–Kier alpha value is -4.57. The van der Waals surface area contributed by atoms with Crippen LogP contribution in [0, 0.1) is 20.8 Å². The van der Waals surface area contributed by atoms with Gasteiger partial charge in [0.1, 0.15) is 5.41 Å². The van der Waals surface area contributed by atoms with Crippen molar-refractivity contribution < 1.29 is 4.79 Å². The zero-order valence-electron chi connectivity index (χ0n) is 21.8. The molecule has 0 radical (unpaired) electrons. The second kappa shape index (κ2) is 8.22. The third kappa shape index (κ3) is 3.00. The average molecular weight is 496 g/mol. The van der Waals surface area contributed by atoms with Crippen molar-refractivity contribution in [1.29, 1.82) is 0 Å². The van der Waals surface area contributed by atoms with Crippen LogP contribution in [0.3, 0.4) is 0 Å². The van der Waals surface area contributed by atoms with Crippen LogP contribution in [-0.2, 0) is 16.8 Å². The lowest BCUT2D eigenvalue weighted by atomic mass is 9.69. The average Bonchev–Trinajstić information content (AvgIpc) is 3.56. The SMILES string of the molecule is Cc1[nH]c2cc(C3(c4c[nH]c5ccccc45)C(=O)N(Cc4ccccc4)c4ccccc43)cc(C)c2c1C. The van der Waals surface area contributed by atoms with Crippen LogP contribution in [0.2, 0.25) is 0 Å². The summed E-state index contributed by atoms with van der Waals surface area (Å²) in [5, 5.41) is 2.30. The summed E-state index contributed by atoms with van der Waals surface area (Å²) in [6, 6.07) is 31.2. The zero-order chi connectivity index (χ0) is 26.0. The molecule has 4 nitrogen and oxygen atoms in total. The molecule has 1 amide bonds. The Balaban J connectivity index is 1.57. The van der Waals surface area contributed by atoms with Gasteiger partial charge in [-0.1, -0.05) is 72.8 Å². The lowest BCUT2D eigenvalue weighted by Crippen LogP contribution is -2.42. The number of hydrogen-bond acceptors (Lipinski definition) is 1. The molecule has 0 saturated carbocycles. The Morgan fingerprint density at radius 2 is 1.53 bits per heavy atom. The number of para-hydroxylation sites is 2. The predicted octanol–water partition coefficient (Wildman–Crippen LogP) is 7.46. The number of nitrogens with one attached hydrogen (secondary N) is 2. The molecule has 186 valence electrons. The lowest BCUT2D eigenvalue weighted by molar-refractivity contribution is -0.120. The highest BCUT2D eigenvalue weighted by atomic mass is 16.2. The second-order valence-electron chi connectivity index (χ2n) is 10.5. The molecule has 3 heterocycles. The second-order valence-corrected chi connectivity index (χ2v) is 10.5. The van der Waals surface area contributed by atoms with Gasteiger partial charge in [-0.3, -0.25) is 4.79 Å². The van der Waals surface area contributed by atoms with Gasteiger partial charge in [0.05, 0.1) is 6.54 Å². The number of anilines is 1. The number of H-pyrrole nitrogens is 2. The van der Waals surface area contributed by atoms with Crippen molar-refractivity contribution in [3.63, 3.8) is 0 Å². The van der Waals surface area contributed by atoms with Crippen LogP contribution in [0.1, 0.15) is 39.1 Å². The fourth-order valence-electron chi connectivity index (χ4n) is 6.54. The monoisotopic (exact) mass is 495 g/mol. The Bertz CT molecular complexity index is 1860. The number of nitrogens with zero attached hydrogens (tertiary/aromatic N) is 1. The summed E-state index contributed by atoms with van der Waals surface area (Å²) in [5.74, 6) is 0.0751. The van der Waals surface area contributed by atoms with Crippen molar-refractivity contribution in [2.24, 2.45) is 0 Å². The van der Waals surface area contributed by atoms with Crippen molar-refractivity contribution in [3.8, 4) is 0 Å². The van der Waals surface area contributed by atoms with Crippen LogP contribution in [0.4, 0.5) is 5.69 Å². The number of benzene rings is 4. The smallest absolute Gasteiger partial charge is 0.247 e. The van der Waals surface area contributed by atoms with E-state index in [4.69, 9.17) is 0 Å². The van der Waals surface area contributed by atoms with E-state index in [2.05, 4.69) is 85.3 Å². The molecule has 2 N–H and O–H groups in total. The molecule has 0 saturated heterocycles. The van der Waals surface area contributed by atoms with Gasteiger partial charge in [0.15, 0.2) is 0 Å². The highest BCUT2D eigenvalue weighted by Crippen LogP contribution is 2.53. The van der Waals surface area contributed by atoms with Crippen molar-refractivity contribution in [3.05, 3.63) is 136 Å². The molecule has 4 aromatic carbocycles. The van der Waals surface area contributed by atoms with Crippen LogP contribution in [0.5, 0.6) is 0 Å². The summed E-state index contributed by atoms with van der Waals surface area (Å²) in [6.07, 6.45) is 2.04. The predicted molar refractivity (Wildman–Crippen MR) is 155 cm³/mol. The maximum Gasteiger partial charge on any atom is 0.247 e. The van der Waals surface area contributed by atoms with Gasteiger partial charge < -0.3 is 14.9 Å². The van der Waals surface area contributed by atoms with Crippen LogP contribution in [0.15, 0.2) is 97.2 Å². The van der Waals surface area contributed by atoms with Crippen molar-refractivity contribution in [1.82, 2.24) is 9.97 Å². The standard InChI is InChI=1S/C34H29N3O/c1-21-17-25(18-30-32(21)22(2)23(3)36-30)34(28-19-35-29-15-9-7-13-26(28)29)27-14-8-10-16-31(27)37(33(34)38)20-24-11-5-4-6-12-24/h4-19,35-36H,20H2,1-3H3. The minimum atomic E-state index is -0.989. The number of amides is 1. The van der Waals surface area contributed by atoms with Gasteiger partial charge in [0, 0.05) is 50.5 Å². The van der Waals surface area contributed by atoms with Gasteiger partial charge in [-0.15, -0.1) is 0 Å². The first-order chi connectivity index (χ1) is 18.5. The van der Waals surface area contributed by atoms with Gasteiger partial charge in [-0.25, -0.2) is 0 Å². The first-order valence-corrected chi connectivity index (χ1v) is 13.1. The molecule has 38 heavy (non-hydrogen) atoms. The summed E-state index contributed by atoms with van der Waals surface area (Å²) in [5.41, 5.74) is 9.75. The number of fused-ring (bicyclic) bond motifs is 3. The number of aromatic nitrogens is 2. The van der Waals surface area contributed by atoms with Crippen LogP contribution < -0.4 is 4.90 Å². The third-order valence-electron chi connectivity index (χ3n) is 8.37.